The number of allylic oxidation sites excluding steroid dienone is 2. The Morgan fingerprint density at radius 3 is 2.70 bits per heavy atom. The highest BCUT2D eigenvalue weighted by molar-refractivity contribution is 5.75. The molecule has 7 heteroatoms. The van der Waals surface area contributed by atoms with Crippen molar-refractivity contribution in [2.24, 2.45) is 11.8 Å². The summed E-state index contributed by atoms with van der Waals surface area (Å²) < 4.78 is 5.04. The lowest BCUT2D eigenvalue weighted by molar-refractivity contribution is -0.121. The van der Waals surface area contributed by atoms with Gasteiger partial charge < -0.3 is 25.4 Å². The van der Waals surface area contributed by atoms with E-state index in [-0.39, 0.29) is 24.2 Å². The molecule has 1 fully saturated rings. The number of rotatable bonds is 13. The van der Waals surface area contributed by atoms with Gasteiger partial charge in [0.2, 0.25) is 5.91 Å². The number of benzene rings is 1. The summed E-state index contributed by atoms with van der Waals surface area (Å²) in [5.41, 5.74) is 1.14. The molecular weight excluding hydrogens is 422 g/mol. The molecule has 1 saturated carbocycles. The molecule has 0 radical (unpaired) electrons. The first kappa shape index (κ1) is 26.6. The summed E-state index contributed by atoms with van der Waals surface area (Å²) in [6, 6.07) is 9.90. The van der Waals surface area contributed by atoms with Crippen molar-refractivity contribution in [1.82, 2.24) is 5.32 Å². The Bertz CT molecular complexity index is 778. The largest absolute Gasteiger partial charge is 0.506 e. The molecule has 1 aliphatic rings. The SMILES string of the molecule is CCNC(=O)CCC/C=C\C[C@H]1C(O)CC(OC(=O)O)[C@@H]1/C=C/[C@@H](O)CCc1ccccc1. The van der Waals surface area contributed by atoms with Crippen molar-refractivity contribution >= 4 is 12.1 Å². The molecule has 0 spiro atoms. The second kappa shape index (κ2) is 14.5. The zero-order chi connectivity index (χ0) is 24.1. The number of nitrogens with one attached hydrogen (secondary N) is 1. The highest BCUT2D eigenvalue weighted by Crippen LogP contribution is 2.38. The van der Waals surface area contributed by atoms with Crippen LogP contribution >= 0.6 is 0 Å². The number of carbonyl (C=O) groups is 2. The number of aryl methyl sites for hydroxylation is 1. The van der Waals surface area contributed by atoms with E-state index >= 15 is 0 Å². The van der Waals surface area contributed by atoms with Crippen LogP contribution in [0.2, 0.25) is 0 Å². The van der Waals surface area contributed by atoms with Crippen molar-refractivity contribution in [1.29, 1.82) is 0 Å². The molecule has 1 aliphatic carbocycles. The maximum absolute atomic E-state index is 11.5. The zero-order valence-corrected chi connectivity index (χ0v) is 19.3. The van der Waals surface area contributed by atoms with Crippen molar-refractivity contribution in [2.45, 2.75) is 70.2 Å². The highest BCUT2D eigenvalue weighted by Gasteiger charge is 2.42. The molecule has 0 bridgehead atoms. The lowest BCUT2D eigenvalue weighted by Crippen LogP contribution is -2.24. The van der Waals surface area contributed by atoms with Crippen LogP contribution in [0.4, 0.5) is 4.79 Å². The van der Waals surface area contributed by atoms with Gasteiger partial charge in [0.05, 0.1) is 12.2 Å². The number of hydrogen-bond acceptors (Lipinski definition) is 5. The van der Waals surface area contributed by atoms with Gasteiger partial charge >= 0.3 is 6.16 Å². The van der Waals surface area contributed by atoms with Crippen LogP contribution in [0.25, 0.3) is 0 Å². The average molecular weight is 460 g/mol. The number of hydrogen-bond donors (Lipinski definition) is 4. The van der Waals surface area contributed by atoms with E-state index in [1.165, 1.54) is 0 Å². The van der Waals surface area contributed by atoms with Crippen LogP contribution in [0.3, 0.4) is 0 Å². The second-order valence-corrected chi connectivity index (χ2v) is 8.50. The molecule has 0 heterocycles. The maximum Gasteiger partial charge on any atom is 0.506 e. The molecule has 0 saturated heterocycles. The molecule has 33 heavy (non-hydrogen) atoms. The van der Waals surface area contributed by atoms with Crippen LogP contribution in [-0.2, 0) is 16.0 Å². The standard InChI is InChI=1S/C26H37NO6/c1-2-27-25(30)13-9-4-3-8-12-21-22(24(18-23(21)29)33-26(31)32)17-16-20(28)15-14-19-10-6-5-7-11-19/h3,5-8,10-11,16-17,20-24,28-29H,2,4,9,12-15,18H2,1H3,(H,27,30)(H,31,32)/b8-3-,17-16+/t20-,21+,22+,23?,24?/m0/s1. The van der Waals surface area contributed by atoms with E-state index in [9.17, 15) is 19.8 Å². The summed E-state index contributed by atoms with van der Waals surface area (Å²) in [4.78, 5) is 22.6. The van der Waals surface area contributed by atoms with Gasteiger partial charge in [0.1, 0.15) is 6.10 Å². The minimum absolute atomic E-state index is 0.0433. The number of unbranched alkanes of at least 4 members (excludes halogenated alkanes) is 1. The predicted molar refractivity (Wildman–Crippen MR) is 127 cm³/mol. The van der Waals surface area contributed by atoms with Crippen LogP contribution < -0.4 is 5.32 Å². The molecular formula is C26H37NO6. The number of carbonyl (C=O) groups excluding carboxylic acids is 1. The third kappa shape index (κ3) is 9.80. The maximum atomic E-state index is 11.5. The summed E-state index contributed by atoms with van der Waals surface area (Å²) in [5, 5.41) is 32.8. The molecule has 0 aliphatic heterocycles. The molecule has 1 aromatic rings. The van der Waals surface area contributed by atoms with Crippen molar-refractivity contribution in [3.63, 3.8) is 0 Å². The number of aliphatic hydroxyl groups is 2. The number of carboxylic acid groups (broad SMARTS) is 1. The quantitative estimate of drug-likeness (QED) is 0.202. The van der Waals surface area contributed by atoms with E-state index in [2.05, 4.69) is 5.32 Å². The number of aliphatic hydroxyl groups excluding tert-OH is 2. The summed E-state index contributed by atoms with van der Waals surface area (Å²) in [7, 11) is 0. The fraction of sp³-hybridized carbons (Fsp3) is 0.538. The molecule has 1 aromatic carbocycles. The summed E-state index contributed by atoms with van der Waals surface area (Å²) in [6.45, 7) is 2.52. The van der Waals surface area contributed by atoms with E-state index < -0.39 is 24.5 Å². The third-order valence-electron chi connectivity index (χ3n) is 5.99. The minimum Gasteiger partial charge on any atom is -0.450 e. The normalized spacial score (nSPS) is 23.7. The first-order chi connectivity index (χ1) is 15.9. The number of ether oxygens (including phenoxy) is 1. The Kier molecular flexibility index (Phi) is 11.7. The van der Waals surface area contributed by atoms with Gasteiger partial charge in [0.15, 0.2) is 0 Å². The summed E-state index contributed by atoms with van der Waals surface area (Å²) >= 11 is 0. The van der Waals surface area contributed by atoms with E-state index in [0.29, 0.717) is 25.8 Å². The molecule has 5 atom stereocenters. The van der Waals surface area contributed by atoms with E-state index in [1.807, 2.05) is 49.4 Å². The summed E-state index contributed by atoms with van der Waals surface area (Å²) in [6.07, 6.45) is 8.15. The van der Waals surface area contributed by atoms with E-state index in [0.717, 1.165) is 24.8 Å². The molecule has 2 unspecified atom stereocenters. The fourth-order valence-corrected chi connectivity index (χ4v) is 4.29. The lowest BCUT2D eigenvalue weighted by Gasteiger charge is -2.21. The minimum atomic E-state index is -1.36. The second-order valence-electron chi connectivity index (χ2n) is 8.50. The van der Waals surface area contributed by atoms with Crippen LogP contribution in [0, 0.1) is 11.8 Å². The smallest absolute Gasteiger partial charge is 0.450 e. The van der Waals surface area contributed by atoms with Crippen LogP contribution in [0.5, 0.6) is 0 Å². The van der Waals surface area contributed by atoms with E-state index in [4.69, 9.17) is 9.84 Å². The van der Waals surface area contributed by atoms with Gasteiger partial charge in [0, 0.05) is 25.3 Å². The monoisotopic (exact) mass is 459 g/mol. The Labute approximate surface area is 196 Å². The first-order valence-corrected chi connectivity index (χ1v) is 11.8. The molecule has 4 N–H and O–H groups in total. The Morgan fingerprint density at radius 1 is 1.24 bits per heavy atom. The topological polar surface area (TPSA) is 116 Å². The summed E-state index contributed by atoms with van der Waals surface area (Å²) in [5.74, 6) is -0.476. The van der Waals surface area contributed by atoms with Crippen molar-refractivity contribution in [3.8, 4) is 0 Å². The Morgan fingerprint density at radius 2 is 2.00 bits per heavy atom. The molecule has 1 amide bonds. The average Bonchev–Trinajstić information content (AvgIpc) is 3.07. The van der Waals surface area contributed by atoms with E-state index in [1.54, 1.807) is 12.2 Å². The van der Waals surface area contributed by atoms with Crippen LogP contribution in [0.1, 0.15) is 51.0 Å². The van der Waals surface area contributed by atoms with Crippen molar-refractivity contribution < 1.29 is 29.6 Å². The highest BCUT2D eigenvalue weighted by atomic mass is 16.7. The van der Waals surface area contributed by atoms with Gasteiger partial charge in [-0.2, -0.15) is 0 Å². The van der Waals surface area contributed by atoms with Gasteiger partial charge in [0.25, 0.3) is 0 Å². The molecule has 2 rings (SSSR count). The third-order valence-corrected chi connectivity index (χ3v) is 5.99. The first-order valence-electron chi connectivity index (χ1n) is 11.8. The number of amides is 1. The van der Waals surface area contributed by atoms with Crippen LogP contribution in [-0.4, -0.2) is 52.2 Å². The molecule has 182 valence electrons. The Hall–Kier alpha value is -2.64. The molecule has 0 aromatic heterocycles. The Balaban J connectivity index is 1.91. The van der Waals surface area contributed by atoms with Crippen LogP contribution in [0.15, 0.2) is 54.6 Å². The van der Waals surface area contributed by atoms with Gasteiger partial charge in [-0.15, -0.1) is 0 Å². The fourth-order valence-electron chi connectivity index (χ4n) is 4.29. The van der Waals surface area contributed by atoms with Crippen molar-refractivity contribution in [3.05, 3.63) is 60.2 Å². The lowest BCUT2D eigenvalue weighted by atomic mass is 9.89. The molecule has 7 nitrogen and oxygen atoms in total. The zero-order valence-electron chi connectivity index (χ0n) is 19.3. The van der Waals surface area contributed by atoms with Gasteiger partial charge in [-0.25, -0.2) is 4.79 Å². The van der Waals surface area contributed by atoms with Gasteiger partial charge in [-0.1, -0.05) is 54.6 Å². The van der Waals surface area contributed by atoms with Gasteiger partial charge in [-0.05, 0) is 50.5 Å². The van der Waals surface area contributed by atoms with Gasteiger partial charge in [-0.3, -0.25) is 4.79 Å². The predicted octanol–water partition coefficient (Wildman–Crippen LogP) is 3.85. The van der Waals surface area contributed by atoms with Crippen molar-refractivity contribution in [2.75, 3.05) is 6.54 Å².